The summed E-state index contributed by atoms with van der Waals surface area (Å²) >= 11 is 0. The third-order valence-electron chi connectivity index (χ3n) is 1.81. The van der Waals surface area contributed by atoms with Crippen LogP contribution < -0.4 is 0 Å². The van der Waals surface area contributed by atoms with Gasteiger partial charge in [-0.2, -0.15) is 0 Å². The van der Waals surface area contributed by atoms with Crippen molar-refractivity contribution in [1.29, 1.82) is 0 Å². The number of aliphatic hydroxyl groups excluding tert-OH is 1. The summed E-state index contributed by atoms with van der Waals surface area (Å²) in [6.07, 6.45) is -0.854. The van der Waals surface area contributed by atoms with Gasteiger partial charge in [-0.15, -0.1) is 0 Å². The van der Waals surface area contributed by atoms with Crippen LogP contribution >= 0.6 is 0 Å². The number of nitro groups is 1. The Morgan fingerprint density at radius 3 is 2.20 bits per heavy atom. The first-order valence-electron chi connectivity index (χ1n) is 3.23. The van der Waals surface area contributed by atoms with E-state index in [0.29, 0.717) is 6.42 Å². The Morgan fingerprint density at radius 1 is 1.70 bits per heavy atom. The van der Waals surface area contributed by atoms with Crippen molar-refractivity contribution in [3.05, 3.63) is 10.1 Å². The average molecular weight is 147 g/mol. The first-order valence-corrected chi connectivity index (χ1v) is 3.23. The van der Waals surface area contributed by atoms with Crippen molar-refractivity contribution in [1.82, 2.24) is 0 Å². The summed E-state index contributed by atoms with van der Waals surface area (Å²) in [5, 5.41) is 19.0. The molecule has 0 heterocycles. The molecule has 0 aliphatic heterocycles. The molecule has 0 bridgehead atoms. The topological polar surface area (TPSA) is 63.4 Å². The number of hydrogen-bond acceptors (Lipinski definition) is 3. The lowest BCUT2D eigenvalue weighted by Gasteiger charge is -2.21. The largest absolute Gasteiger partial charge is 0.333 e. The van der Waals surface area contributed by atoms with Crippen LogP contribution in [-0.2, 0) is 0 Å². The van der Waals surface area contributed by atoms with Crippen molar-refractivity contribution in [3.8, 4) is 0 Å². The van der Waals surface area contributed by atoms with E-state index in [4.69, 9.17) is 5.11 Å². The zero-order valence-corrected chi connectivity index (χ0v) is 6.50. The molecule has 0 aromatic rings. The summed E-state index contributed by atoms with van der Waals surface area (Å²) in [4.78, 5) is 9.40. The lowest BCUT2D eigenvalue weighted by atomic mass is 9.88. The van der Waals surface area contributed by atoms with Gasteiger partial charge in [0.1, 0.15) is 0 Å². The Hall–Kier alpha value is -0.640. The second-order valence-electron chi connectivity index (χ2n) is 3.00. The highest BCUT2D eigenvalue weighted by Crippen LogP contribution is 2.24. The van der Waals surface area contributed by atoms with E-state index in [1.54, 1.807) is 13.8 Å². The maximum absolute atomic E-state index is 10.1. The molecular weight excluding hydrogens is 134 g/mol. The van der Waals surface area contributed by atoms with Crippen LogP contribution in [0, 0.1) is 15.5 Å². The molecule has 0 fully saturated rings. The molecule has 10 heavy (non-hydrogen) atoms. The Labute approximate surface area is 60.0 Å². The molecule has 1 N–H and O–H groups in total. The van der Waals surface area contributed by atoms with Gasteiger partial charge in [-0.3, -0.25) is 10.1 Å². The van der Waals surface area contributed by atoms with Gasteiger partial charge in [0.15, 0.2) is 0 Å². The normalized spacial score (nSPS) is 14.8. The SMILES string of the molecule is CCC(C)(C)C(O)[N+](=O)[O-]. The fourth-order valence-electron chi connectivity index (χ4n) is 0.468. The highest BCUT2D eigenvalue weighted by Gasteiger charge is 2.35. The average Bonchev–Trinajstić information content (AvgIpc) is 1.86. The molecule has 0 aliphatic carbocycles. The van der Waals surface area contributed by atoms with Crippen molar-refractivity contribution < 1.29 is 10.0 Å². The predicted molar refractivity (Wildman–Crippen MR) is 37.1 cm³/mol. The molecule has 0 rings (SSSR count). The van der Waals surface area contributed by atoms with Gasteiger partial charge in [0.05, 0.1) is 10.3 Å². The first-order chi connectivity index (χ1) is 4.41. The molecule has 0 aliphatic rings. The minimum Gasteiger partial charge on any atom is -0.333 e. The zero-order chi connectivity index (χ0) is 8.36. The van der Waals surface area contributed by atoms with Crippen LogP contribution in [-0.4, -0.2) is 16.3 Å². The van der Waals surface area contributed by atoms with Gasteiger partial charge in [0.2, 0.25) is 0 Å². The van der Waals surface area contributed by atoms with Crippen LogP contribution in [0.25, 0.3) is 0 Å². The molecular formula is C6H13NO3. The van der Waals surface area contributed by atoms with Crippen LogP contribution in [0.15, 0.2) is 0 Å². The van der Waals surface area contributed by atoms with Gasteiger partial charge >= 0.3 is 6.23 Å². The highest BCUT2D eigenvalue weighted by molar-refractivity contribution is 4.67. The monoisotopic (exact) mass is 147 g/mol. The molecule has 60 valence electrons. The summed E-state index contributed by atoms with van der Waals surface area (Å²) < 4.78 is 0. The van der Waals surface area contributed by atoms with E-state index in [1.807, 2.05) is 6.92 Å². The molecule has 1 atom stereocenters. The van der Waals surface area contributed by atoms with Gasteiger partial charge in [-0.1, -0.05) is 20.8 Å². The summed E-state index contributed by atoms with van der Waals surface area (Å²) in [5.74, 6) is 0. The Kier molecular flexibility index (Phi) is 2.77. The van der Waals surface area contributed by atoms with E-state index in [2.05, 4.69) is 0 Å². The molecule has 0 radical (unpaired) electrons. The highest BCUT2D eigenvalue weighted by atomic mass is 16.7. The molecule has 0 aromatic heterocycles. The number of hydrogen-bond donors (Lipinski definition) is 1. The molecule has 0 saturated carbocycles. The van der Waals surface area contributed by atoms with E-state index < -0.39 is 16.6 Å². The third kappa shape index (κ3) is 1.95. The maximum atomic E-state index is 10.1. The Balaban J connectivity index is 4.17. The fraction of sp³-hybridized carbons (Fsp3) is 1.00. The number of aliphatic hydroxyl groups is 1. The van der Waals surface area contributed by atoms with E-state index in [0.717, 1.165) is 0 Å². The Bertz CT molecular complexity index is 133. The standard InChI is InChI=1S/C6H13NO3/c1-4-6(2,3)5(8)7(9)10/h5,8H,4H2,1-3H3. The lowest BCUT2D eigenvalue weighted by molar-refractivity contribution is -0.590. The van der Waals surface area contributed by atoms with Crippen LogP contribution in [0.4, 0.5) is 0 Å². The minimum atomic E-state index is -1.45. The van der Waals surface area contributed by atoms with E-state index in [1.165, 1.54) is 0 Å². The number of rotatable bonds is 3. The van der Waals surface area contributed by atoms with Crippen molar-refractivity contribution >= 4 is 0 Å². The summed E-state index contributed by atoms with van der Waals surface area (Å²) in [6.45, 7) is 5.15. The summed E-state index contributed by atoms with van der Waals surface area (Å²) in [6, 6.07) is 0. The minimum absolute atomic E-state index is 0.592. The Morgan fingerprint density at radius 2 is 2.10 bits per heavy atom. The van der Waals surface area contributed by atoms with Crippen LogP contribution in [0.5, 0.6) is 0 Å². The van der Waals surface area contributed by atoms with Crippen molar-refractivity contribution in [3.63, 3.8) is 0 Å². The maximum Gasteiger partial charge on any atom is 0.318 e. The quantitative estimate of drug-likeness (QED) is 0.368. The van der Waals surface area contributed by atoms with Crippen molar-refractivity contribution in [2.45, 2.75) is 33.4 Å². The second kappa shape index (κ2) is 2.96. The summed E-state index contributed by atoms with van der Waals surface area (Å²) in [7, 11) is 0. The lowest BCUT2D eigenvalue weighted by Crippen LogP contribution is -2.35. The van der Waals surface area contributed by atoms with Gasteiger partial charge in [-0.05, 0) is 6.42 Å². The van der Waals surface area contributed by atoms with Crippen LogP contribution in [0.1, 0.15) is 27.2 Å². The first kappa shape index (κ1) is 9.36. The summed E-state index contributed by atoms with van der Waals surface area (Å²) in [5.41, 5.74) is -0.622. The van der Waals surface area contributed by atoms with Gasteiger partial charge in [0.25, 0.3) is 0 Å². The van der Waals surface area contributed by atoms with Crippen molar-refractivity contribution in [2.24, 2.45) is 5.41 Å². The second-order valence-corrected chi connectivity index (χ2v) is 3.00. The van der Waals surface area contributed by atoms with Crippen molar-refractivity contribution in [2.75, 3.05) is 0 Å². The van der Waals surface area contributed by atoms with E-state index >= 15 is 0 Å². The fourth-order valence-corrected chi connectivity index (χ4v) is 0.468. The molecule has 0 aromatic carbocycles. The molecule has 1 unspecified atom stereocenters. The van der Waals surface area contributed by atoms with Gasteiger partial charge in [0, 0.05) is 0 Å². The van der Waals surface area contributed by atoms with E-state index in [-0.39, 0.29) is 0 Å². The van der Waals surface area contributed by atoms with Gasteiger partial charge < -0.3 is 5.11 Å². The van der Waals surface area contributed by atoms with Gasteiger partial charge in [-0.25, -0.2) is 0 Å². The molecule has 0 amide bonds. The molecule has 4 nitrogen and oxygen atoms in total. The van der Waals surface area contributed by atoms with Crippen LogP contribution in [0.3, 0.4) is 0 Å². The number of nitrogens with zero attached hydrogens (tertiary/aromatic N) is 1. The molecule has 0 spiro atoms. The van der Waals surface area contributed by atoms with E-state index in [9.17, 15) is 10.1 Å². The molecule has 0 saturated heterocycles. The predicted octanol–water partition coefficient (Wildman–Crippen LogP) is 1.02. The smallest absolute Gasteiger partial charge is 0.318 e. The molecule has 4 heteroatoms. The zero-order valence-electron chi connectivity index (χ0n) is 6.50. The third-order valence-corrected chi connectivity index (χ3v) is 1.81. The van der Waals surface area contributed by atoms with Crippen LogP contribution in [0.2, 0.25) is 0 Å².